The van der Waals surface area contributed by atoms with E-state index in [-0.39, 0.29) is 18.2 Å². The summed E-state index contributed by atoms with van der Waals surface area (Å²) in [7, 11) is 1.63. The maximum absolute atomic E-state index is 12.9. The highest BCUT2D eigenvalue weighted by Gasteiger charge is 2.16. The van der Waals surface area contributed by atoms with E-state index in [4.69, 9.17) is 26.8 Å². The number of rotatable bonds is 10. The van der Waals surface area contributed by atoms with E-state index >= 15 is 0 Å². The molecule has 7 heteroatoms. The predicted octanol–water partition coefficient (Wildman–Crippen LogP) is 5.77. The summed E-state index contributed by atoms with van der Waals surface area (Å²) in [6.45, 7) is 3.77. The van der Waals surface area contributed by atoms with Gasteiger partial charge in [-0.25, -0.2) is 0 Å². The van der Waals surface area contributed by atoms with Gasteiger partial charge in [0.2, 0.25) is 0 Å². The second-order valence-corrected chi connectivity index (χ2v) is 8.20. The van der Waals surface area contributed by atoms with E-state index < -0.39 is 0 Å². The zero-order chi connectivity index (χ0) is 21.3. The predicted molar refractivity (Wildman–Crippen MR) is 129 cm³/mol. The van der Waals surface area contributed by atoms with E-state index in [1.54, 1.807) is 19.2 Å². The Hall–Kier alpha value is -1.95. The molecule has 170 valence electrons. The number of carbonyl (C=O) groups excluding carboxylic acids is 1. The lowest BCUT2D eigenvalue weighted by atomic mass is 10.0. The number of likely N-dealkylation sites (tertiary alicyclic amines) is 1. The summed E-state index contributed by atoms with van der Waals surface area (Å²) in [5.74, 6) is 1.31. The van der Waals surface area contributed by atoms with E-state index in [1.165, 1.54) is 32.4 Å². The summed E-state index contributed by atoms with van der Waals surface area (Å²) in [6.07, 6.45) is 6.28. The highest BCUT2D eigenvalue weighted by molar-refractivity contribution is 6.33. The minimum absolute atomic E-state index is 0. The van der Waals surface area contributed by atoms with Crippen molar-refractivity contribution in [1.29, 1.82) is 0 Å². The number of Topliss-reactive ketones (excluding diaryl/α,β-unsaturated/α-hetero) is 1. The molecule has 2 N–H and O–H groups in total. The molecule has 1 fully saturated rings. The van der Waals surface area contributed by atoms with Crippen molar-refractivity contribution < 1.29 is 14.3 Å². The third-order valence-electron chi connectivity index (χ3n) is 5.53. The zero-order valence-electron chi connectivity index (χ0n) is 18.1. The standard InChI is InChI=1S/C24H31ClN2O3.ClH/c1-29-19-10-8-18(9-11-19)17-30-24-16-22(26)21(25)15-20(24)23(28)7-3-6-14-27-12-4-2-5-13-27;/h8-11,15-16H,2-7,12-14,17,26H2,1H3;1H. The van der Waals surface area contributed by atoms with Crippen molar-refractivity contribution in [3.63, 3.8) is 0 Å². The van der Waals surface area contributed by atoms with Crippen LogP contribution in [0.1, 0.15) is 54.4 Å². The second kappa shape index (κ2) is 12.8. The van der Waals surface area contributed by atoms with Gasteiger partial charge in [-0.15, -0.1) is 12.4 Å². The molecule has 0 amide bonds. The fourth-order valence-electron chi connectivity index (χ4n) is 3.73. The van der Waals surface area contributed by atoms with Gasteiger partial charge in [0.05, 0.1) is 23.4 Å². The first kappa shape index (κ1) is 25.3. The SMILES string of the molecule is COc1ccc(COc2cc(N)c(Cl)cc2C(=O)CCCCN2CCCCC2)cc1.Cl. The molecule has 3 rings (SSSR count). The van der Waals surface area contributed by atoms with E-state index in [2.05, 4.69) is 4.90 Å². The van der Waals surface area contributed by atoms with Crippen molar-refractivity contribution in [2.24, 2.45) is 0 Å². The van der Waals surface area contributed by atoms with Crippen molar-refractivity contribution in [3.8, 4) is 11.5 Å². The number of piperidine rings is 1. The van der Waals surface area contributed by atoms with Crippen LogP contribution in [-0.2, 0) is 6.61 Å². The van der Waals surface area contributed by atoms with Gasteiger partial charge >= 0.3 is 0 Å². The van der Waals surface area contributed by atoms with Crippen LogP contribution in [-0.4, -0.2) is 37.4 Å². The van der Waals surface area contributed by atoms with Crippen LogP contribution in [0.4, 0.5) is 5.69 Å². The monoisotopic (exact) mass is 466 g/mol. The molecule has 1 aliphatic rings. The topological polar surface area (TPSA) is 64.8 Å². The molecule has 1 heterocycles. The molecule has 0 radical (unpaired) electrons. The summed E-state index contributed by atoms with van der Waals surface area (Å²) in [4.78, 5) is 15.4. The van der Waals surface area contributed by atoms with Crippen LogP contribution in [0.25, 0.3) is 0 Å². The molecule has 0 aromatic heterocycles. The van der Waals surface area contributed by atoms with Crippen LogP contribution >= 0.6 is 24.0 Å². The lowest BCUT2D eigenvalue weighted by molar-refractivity contribution is 0.0973. The average molecular weight is 467 g/mol. The van der Waals surface area contributed by atoms with Gasteiger partial charge in [0.25, 0.3) is 0 Å². The van der Waals surface area contributed by atoms with E-state index in [1.807, 2.05) is 24.3 Å². The van der Waals surface area contributed by atoms with Crippen LogP contribution in [0.15, 0.2) is 36.4 Å². The minimum atomic E-state index is 0. The number of hydrogen-bond donors (Lipinski definition) is 1. The largest absolute Gasteiger partial charge is 0.497 e. The smallest absolute Gasteiger partial charge is 0.166 e. The molecular formula is C24H32Cl2N2O3. The molecular weight excluding hydrogens is 435 g/mol. The Bertz CT molecular complexity index is 837. The molecule has 2 aromatic rings. The van der Waals surface area contributed by atoms with Crippen molar-refractivity contribution in [2.75, 3.05) is 32.5 Å². The first-order chi connectivity index (χ1) is 14.6. The van der Waals surface area contributed by atoms with Gasteiger partial charge in [0, 0.05) is 12.5 Å². The van der Waals surface area contributed by atoms with Crippen molar-refractivity contribution in [3.05, 3.63) is 52.5 Å². The van der Waals surface area contributed by atoms with Crippen molar-refractivity contribution >= 4 is 35.5 Å². The highest BCUT2D eigenvalue weighted by Crippen LogP contribution is 2.31. The molecule has 31 heavy (non-hydrogen) atoms. The lowest BCUT2D eigenvalue weighted by Gasteiger charge is -2.26. The lowest BCUT2D eigenvalue weighted by Crippen LogP contribution is -2.30. The van der Waals surface area contributed by atoms with Gasteiger partial charge < -0.3 is 20.1 Å². The van der Waals surface area contributed by atoms with Gasteiger partial charge in [-0.2, -0.15) is 0 Å². The number of carbonyl (C=O) groups is 1. The van der Waals surface area contributed by atoms with Crippen molar-refractivity contribution in [1.82, 2.24) is 4.90 Å². The molecule has 2 aromatic carbocycles. The molecule has 1 aliphatic heterocycles. The van der Waals surface area contributed by atoms with Crippen LogP contribution in [0.2, 0.25) is 5.02 Å². The number of hydrogen-bond acceptors (Lipinski definition) is 5. The molecule has 5 nitrogen and oxygen atoms in total. The minimum Gasteiger partial charge on any atom is -0.497 e. The number of ketones is 1. The summed E-state index contributed by atoms with van der Waals surface area (Å²) in [6, 6.07) is 10.9. The third kappa shape index (κ3) is 7.60. The first-order valence-corrected chi connectivity index (χ1v) is 11.0. The van der Waals surface area contributed by atoms with E-state index in [9.17, 15) is 4.79 Å². The summed E-state index contributed by atoms with van der Waals surface area (Å²) in [5.41, 5.74) is 7.84. The molecule has 0 saturated carbocycles. The van der Waals surface area contributed by atoms with Gasteiger partial charge in [0.1, 0.15) is 18.1 Å². The number of ether oxygens (including phenoxy) is 2. The van der Waals surface area contributed by atoms with Crippen LogP contribution in [0, 0.1) is 0 Å². The molecule has 0 aliphatic carbocycles. The Morgan fingerprint density at radius 2 is 1.81 bits per heavy atom. The number of nitrogen functional groups attached to an aromatic ring is 1. The first-order valence-electron chi connectivity index (χ1n) is 10.7. The Labute approximate surface area is 196 Å². The third-order valence-corrected chi connectivity index (χ3v) is 5.86. The van der Waals surface area contributed by atoms with Gasteiger partial charge in [-0.3, -0.25) is 4.79 Å². The number of methoxy groups -OCH3 is 1. The van der Waals surface area contributed by atoms with Crippen LogP contribution in [0.3, 0.4) is 0 Å². The van der Waals surface area contributed by atoms with Crippen LogP contribution < -0.4 is 15.2 Å². The number of halogens is 2. The number of nitrogens with zero attached hydrogens (tertiary/aromatic N) is 1. The van der Waals surface area contributed by atoms with E-state index in [0.29, 0.717) is 35.1 Å². The van der Waals surface area contributed by atoms with E-state index in [0.717, 1.165) is 30.7 Å². The molecule has 0 atom stereocenters. The zero-order valence-corrected chi connectivity index (χ0v) is 19.6. The normalized spacial score (nSPS) is 14.0. The van der Waals surface area contributed by atoms with Gasteiger partial charge in [-0.05, 0) is 69.1 Å². The molecule has 0 unspecified atom stereocenters. The average Bonchev–Trinajstić information content (AvgIpc) is 2.78. The Balaban J connectivity index is 0.00000341. The molecule has 0 spiro atoms. The van der Waals surface area contributed by atoms with Crippen LogP contribution in [0.5, 0.6) is 11.5 Å². The summed E-state index contributed by atoms with van der Waals surface area (Å²) in [5, 5.41) is 0.378. The quantitative estimate of drug-likeness (QED) is 0.273. The second-order valence-electron chi connectivity index (χ2n) is 7.79. The number of anilines is 1. The van der Waals surface area contributed by atoms with Gasteiger partial charge in [-0.1, -0.05) is 30.2 Å². The molecule has 1 saturated heterocycles. The van der Waals surface area contributed by atoms with Crippen molar-refractivity contribution in [2.45, 2.75) is 45.1 Å². The summed E-state index contributed by atoms with van der Waals surface area (Å²) < 4.78 is 11.1. The summed E-state index contributed by atoms with van der Waals surface area (Å²) >= 11 is 6.19. The Kier molecular flexibility index (Phi) is 10.4. The number of benzene rings is 2. The number of nitrogens with two attached hydrogens (primary N) is 1. The number of unbranched alkanes of at least 4 members (excludes halogenated alkanes) is 1. The maximum Gasteiger partial charge on any atom is 0.166 e. The molecule has 0 bridgehead atoms. The highest BCUT2D eigenvalue weighted by atomic mass is 35.5. The maximum atomic E-state index is 12.9. The fourth-order valence-corrected chi connectivity index (χ4v) is 3.89. The van der Waals surface area contributed by atoms with Gasteiger partial charge in [0.15, 0.2) is 5.78 Å². The Morgan fingerprint density at radius 1 is 1.10 bits per heavy atom. The Morgan fingerprint density at radius 3 is 2.48 bits per heavy atom. The fraction of sp³-hybridized carbons (Fsp3) is 0.458.